The summed E-state index contributed by atoms with van der Waals surface area (Å²) in [4.78, 5) is 25.4. The first kappa shape index (κ1) is 23.4. The van der Waals surface area contributed by atoms with Gasteiger partial charge in [0, 0.05) is 15.6 Å². The molecule has 0 saturated carbocycles. The molecule has 31 heavy (non-hydrogen) atoms. The quantitative estimate of drug-likeness (QED) is 0.482. The van der Waals surface area contributed by atoms with Crippen LogP contribution in [0.4, 0.5) is 10.5 Å². The average Bonchev–Trinajstić information content (AvgIpc) is 2.87. The summed E-state index contributed by atoms with van der Waals surface area (Å²) in [5.74, 6) is 5.14. The van der Waals surface area contributed by atoms with Crippen molar-refractivity contribution in [2.24, 2.45) is 5.84 Å². The van der Waals surface area contributed by atoms with Crippen molar-refractivity contribution in [2.75, 3.05) is 5.01 Å². The van der Waals surface area contributed by atoms with Gasteiger partial charge in [0.15, 0.2) is 0 Å². The van der Waals surface area contributed by atoms with E-state index >= 15 is 0 Å². The standard InChI is InChI=1S/C23H27Cl2N3O3/c1-22(2,3)31-21(30)27-23(4,5)12-14-16(25)10-11-17-18(14)19(20(29)28(17)26)13-8-6-7-9-15(13)24/h6-11,19H,12,26H2,1-5H3,(H,27,30). The maximum absolute atomic E-state index is 13.1. The van der Waals surface area contributed by atoms with Crippen molar-refractivity contribution < 1.29 is 14.3 Å². The van der Waals surface area contributed by atoms with Gasteiger partial charge in [-0.1, -0.05) is 41.4 Å². The number of nitrogens with one attached hydrogen (secondary N) is 1. The van der Waals surface area contributed by atoms with Gasteiger partial charge in [-0.2, -0.15) is 0 Å². The van der Waals surface area contributed by atoms with E-state index in [1.165, 1.54) is 0 Å². The minimum Gasteiger partial charge on any atom is -0.444 e. The first-order chi connectivity index (χ1) is 14.3. The lowest BCUT2D eigenvalue weighted by molar-refractivity contribution is -0.118. The molecule has 0 radical (unpaired) electrons. The van der Waals surface area contributed by atoms with Crippen LogP contribution in [0.5, 0.6) is 0 Å². The van der Waals surface area contributed by atoms with Crippen molar-refractivity contribution >= 4 is 40.9 Å². The molecule has 166 valence electrons. The molecule has 2 amide bonds. The molecule has 1 atom stereocenters. The van der Waals surface area contributed by atoms with Crippen LogP contribution in [0.1, 0.15) is 57.2 Å². The fourth-order valence-corrected chi connectivity index (χ4v) is 4.26. The zero-order valence-corrected chi connectivity index (χ0v) is 19.8. The lowest BCUT2D eigenvalue weighted by Crippen LogP contribution is -2.47. The first-order valence-electron chi connectivity index (χ1n) is 9.96. The number of alkyl carbamates (subject to hydrolysis) is 1. The Balaban J connectivity index is 2.03. The van der Waals surface area contributed by atoms with Gasteiger partial charge >= 0.3 is 6.09 Å². The van der Waals surface area contributed by atoms with E-state index < -0.39 is 23.2 Å². The summed E-state index contributed by atoms with van der Waals surface area (Å²) in [6, 6.07) is 10.6. The van der Waals surface area contributed by atoms with Crippen LogP contribution in [0, 0.1) is 0 Å². The summed E-state index contributed by atoms with van der Waals surface area (Å²) in [7, 11) is 0. The Morgan fingerprint density at radius 2 is 1.74 bits per heavy atom. The molecule has 3 rings (SSSR count). The summed E-state index contributed by atoms with van der Waals surface area (Å²) >= 11 is 13.0. The predicted molar refractivity (Wildman–Crippen MR) is 124 cm³/mol. The molecular weight excluding hydrogens is 437 g/mol. The highest BCUT2D eigenvalue weighted by molar-refractivity contribution is 6.33. The molecule has 3 N–H and O–H groups in total. The van der Waals surface area contributed by atoms with E-state index in [1.54, 1.807) is 45.0 Å². The van der Waals surface area contributed by atoms with Crippen molar-refractivity contribution in [3.8, 4) is 0 Å². The topological polar surface area (TPSA) is 84.7 Å². The number of hydrogen-bond acceptors (Lipinski definition) is 4. The number of rotatable bonds is 4. The van der Waals surface area contributed by atoms with E-state index in [4.69, 9.17) is 33.8 Å². The molecule has 2 aromatic carbocycles. The minimum atomic E-state index is -0.711. The van der Waals surface area contributed by atoms with E-state index in [-0.39, 0.29) is 5.91 Å². The molecule has 0 fully saturated rings. The molecule has 8 heteroatoms. The smallest absolute Gasteiger partial charge is 0.408 e. The van der Waals surface area contributed by atoms with Gasteiger partial charge < -0.3 is 10.1 Å². The van der Waals surface area contributed by atoms with Crippen molar-refractivity contribution in [2.45, 2.75) is 58.1 Å². The lowest BCUT2D eigenvalue weighted by atomic mass is 9.84. The molecule has 0 spiro atoms. The highest BCUT2D eigenvalue weighted by atomic mass is 35.5. The summed E-state index contributed by atoms with van der Waals surface area (Å²) in [6.45, 7) is 9.14. The van der Waals surface area contributed by atoms with Gasteiger partial charge in [-0.25, -0.2) is 15.6 Å². The number of amides is 2. The van der Waals surface area contributed by atoms with Crippen LogP contribution in [0.2, 0.25) is 10.0 Å². The van der Waals surface area contributed by atoms with E-state index in [0.29, 0.717) is 33.3 Å². The van der Waals surface area contributed by atoms with Crippen LogP contribution in [0.15, 0.2) is 36.4 Å². The summed E-state index contributed by atoms with van der Waals surface area (Å²) in [6.07, 6.45) is -0.170. The molecule has 0 bridgehead atoms. The van der Waals surface area contributed by atoms with Crippen LogP contribution in [0.25, 0.3) is 0 Å². The van der Waals surface area contributed by atoms with Crippen LogP contribution in [0.3, 0.4) is 0 Å². The number of anilines is 1. The van der Waals surface area contributed by atoms with Gasteiger partial charge in [-0.15, -0.1) is 0 Å². The van der Waals surface area contributed by atoms with Gasteiger partial charge in [0.1, 0.15) is 5.60 Å². The Kier molecular flexibility index (Phi) is 6.29. The van der Waals surface area contributed by atoms with E-state index in [1.807, 2.05) is 26.0 Å². The minimum absolute atomic E-state index is 0.287. The molecule has 0 aliphatic carbocycles. The van der Waals surface area contributed by atoms with Crippen LogP contribution in [-0.4, -0.2) is 23.1 Å². The third-order valence-corrected chi connectivity index (χ3v) is 5.68. The van der Waals surface area contributed by atoms with Gasteiger partial charge in [-0.3, -0.25) is 4.79 Å². The monoisotopic (exact) mass is 463 g/mol. The fourth-order valence-electron chi connectivity index (χ4n) is 3.78. The highest BCUT2D eigenvalue weighted by Crippen LogP contribution is 2.46. The Hall–Kier alpha value is -2.28. The molecule has 1 unspecified atom stereocenters. The van der Waals surface area contributed by atoms with Crippen molar-refractivity contribution in [1.29, 1.82) is 0 Å². The number of carbonyl (C=O) groups is 2. The second-order valence-electron chi connectivity index (χ2n) is 9.31. The zero-order valence-electron chi connectivity index (χ0n) is 18.3. The van der Waals surface area contributed by atoms with Gasteiger partial charge in [0.05, 0.1) is 11.6 Å². The zero-order chi connectivity index (χ0) is 23.1. The second-order valence-corrected chi connectivity index (χ2v) is 10.1. The number of nitrogens with zero attached hydrogens (tertiary/aromatic N) is 1. The van der Waals surface area contributed by atoms with Crippen LogP contribution >= 0.6 is 23.2 Å². The number of halogens is 2. The SMILES string of the molecule is CC(C)(Cc1c(Cl)ccc2c1C(c1ccccc1Cl)C(=O)N2N)NC(=O)OC(C)(C)C. The third-order valence-electron chi connectivity index (χ3n) is 4.98. The van der Waals surface area contributed by atoms with E-state index in [0.717, 1.165) is 10.6 Å². The normalized spacial score (nSPS) is 16.3. The molecular formula is C23H27Cl2N3O3. The number of carbonyl (C=O) groups excluding carboxylic acids is 2. The van der Waals surface area contributed by atoms with Gasteiger partial charge in [0.2, 0.25) is 0 Å². The predicted octanol–water partition coefficient (Wildman–Crippen LogP) is 5.19. The highest BCUT2D eigenvalue weighted by Gasteiger charge is 2.41. The lowest BCUT2D eigenvalue weighted by Gasteiger charge is -2.30. The summed E-state index contributed by atoms with van der Waals surface area (Å²) in [5, 5.41) is 4.98. The maximum Gasteiger partial charge on any atom is 0.408 e. The molecule has 1 heterocycles. The molecule has 1 aliphatic rings. The fraction of sp³-hybridized carbons (Fsp3) is 0.391. The summed E-state index contributed by atoms with van der Waals surface area (Å²) in [5.41, 5.74) is 1.33. The third kappa shape index (κ3) is 4.97. The Bertz CT molecular complexity index is 1030. The average molecular weight is 464 g/mol. The maximum atomic E-state index is 13.1. The number of fused-ring (bicyclic) bond motifs is 1. The number of hydrogen-bond donors (Lipinski definition) is 2. The van der Waals surface area contributed by atoms with E-state index in [2.05, 4.69) is 5.32 Å². The van der Waals surface area contributed by atoms with Crippen molar-refractivity contribution in [1.82, 2.24) is 5.32 Å². The van der Waals surface area contributed by atoms with Gasteiger partial charge in [-0.05, 0) is 75.9 Å². The largest absolute Gasteiger partial charge is 0.444 e. The molecule has 1 aliphatic heterocycles. The van der Waals surface area contributed by atoms with E-state index in [9.17, 15) is 9.59 Å². The Morgan fingerprint density at radius 3 is 2.35 bits per heavy atom. The van der Waals surface area contributed by atoms with Gasteiger partial charge in [0.25, 0.3) is 5.91 Å². The molecule has 0 saturated heterocycles. The number of ether oxygens (including phenoxy) is 1. The Morgan fingerprint density at radius 1 is 1.10 bits per heavy atom. The van der Waals surface area contributed by atoms with Crippen molar-refractivity contribution in [3.63, 3.8) is 0 Å². The molecule has 2 aromatic rings. The summed E-state index contributed by atoms with van der Waals surface area (Å²) < 4.78 is 5.39. The van der Waals surface area contributed by atoms with Crippen LogP contribution < -0.4 is 16.2 Å². The number of hydrazine groups is 1. The molecule has 0 aromatic heterocycles. The second kappa shape index (κ2) is 8.34. The molecule has 6 nitrogen and oxygen atoms in total. The van der Waals surface area contributed by atoms with Crippen molar-refractivity contribution in [3.05, 3.63) is 63.1 Å². The Labute approximate surface area is 192 Å². The number of benzene rings is 2. The first-order valence-corrected chi connectivity index (χ1v) is 10.7. The number of nitrogens with two attached hydrogens (primary N) is 1. The van der Waals surface area contributed by atoms with Crippen LogP contribution in [-0.2, 0) is 16.0 Å².